The van der Waals surface area contributed by atoms with Crippen molar-refractivity contribution in [3.8, 4) is 16.9 Å². The predicted molar refractivity (Wildman–Crippen MR) is 105 cm³/mol. The normalized spacial score (nSPS) is 10.6. The van der Waals surface area contributed by atoms with Crippen LogP contribution in [0.15, 0.2) is 30.3 Å². The van der Waals surface area contributed by atoms with Crippen LogP contribution in [0.3, 0.4) is 0 Å². The quantitative estimate of drug-likeness (QED) is 0.429. The van der Waals surface area contributed by atoms with Crippen LogP contribution in [0.25, 0.3) is 11.1 Å². The predicted octanol–water partition coefficient (Wildman–Crippen LogP) is 5.10. The molecule has 0 atom stereocenters. The van der Waals surface area contributed by atoms with E-state index in [0.717, 1.165) is 25.7 Å². The molecule has 0 heterocycles. The second kappa shape index (κ2) is 10.6. The Morgan fingerprint density at radius 3 is 1.70 bits per heavy atom. The smallest absolute Gasteiger partial charge is 0.342 e. The van der Waals surface area contributed by atoms with Gasteiger partial charge in [-0.3, -0.25) is 0 Å². The van der Waals surface area contributed by atoms with Crippen LogP contribution in [0.2, 0.25) is 0 Å². The number of hydrogen-bond acceptors (Lipinski definition) is 5. The zero-order valence-corrected chi connectivity index (χ0v) is 16.4. The summed E-state index contributed by atoms with van der Waals surface area (Å²) < 4.78 is 16.7. The molecule has 0 aromatic rings. The van der Waals surface area contributed by atoms with Crippen LogP contribution in [0.4, 0.5) is 0 Å². The maximum Gasteiger partial charge on any atom is 0.342 e. The van der Waals surface area contributed by atoms with Crippen molar-refractivity contribution >= 4 is 11.9 Å². The summed E-state index contributed by atoms with van der Waals surface area (Å²) in [5.41, 5.74) is 1.87. The first kappa shape index (κ1) is 20.7. The molecular formula is C22H28O5. The summed E-state index contributed by atoms with van der Waals surface area (Å²) in [5, 5.41) is 0. The molecule has 0 aromatic carbocycles. The number of carbonyl (C=O) groups excluding carboxylic acids is 2. The molecule has 5 nitrogen and oxygen atoms in total. The number of ether oxygens (including phenoxy) is 3. The second-order valence-corrected chi connectivity index (χ2v) is 6.29. The van der Waals surface area contributed by atoms with Crippen LogP contribution in [-0.2, 0) is 9.47 Å². The Labute approximate surface area is 161 Å². The first-order valence-electron chi connectivity index (χ1n) is 9.67. The Morgan fingerprint density at radius 1 is 0.741 bits per heavy atom. The van der Waals surface area contributed by atoms with Gasteiger partial charge >= 0.3 is 11.9 Å². The maximum absolute atomic E-state index is 12.8. The lowest BCUT2D eigenvalue weighted by Crippen LogP contribution is -2.11. The van der Waals surface area contributed by atoms with Crippen molar-refractivity contribution < 1.29 is 23.8 Å². The molecule has 0 aromatic heterocycles. The van der Waals surface area contributed by atoms with Gasteiger partial charge in [-0.15, -0.1) is 0 Å². The first-order chi connectivity index (χ1) is 13.2. The number of esters is 2. The van der Waals surface area contributed by atoms with E-state index in [2.05, 4.69) is 6.92 Å². The lowest BCUT2D eigenvalue weighted by Gasteiger charge is -2.10. The highest BCUT2D eigenvalue weighted by atomic mass is 16.5. The number of carbonyl (C=O) groups is 2. The molecule has 2 aliphatic carbocycles. The van der Waals surface area contributed by atoms with Gasteiger partial charge in [0.25, 0.3) is 0 Å². The van der Waals surface area contributed by atoms with Crippen molar-refractivity contribution in [2.45, 2.75) is 46.5 Å². The molecule has 0 saturated heterocycles. The Kier molecular flexibility index (Phi) is 8.11. The molecule has 0 unspecified atom stereocenters. The van der Waals surface area contributed by atoms with Gasteiger partial charge in [0.1, 0.15) is 16.9 Å². The van der Waals surface area contributed by atoms with Crippen molar-refractivity contribution in [1.82, 2.24) is 0 Å². The van der Waals surface area contributed by atoms with Crippen molar-refractivity contribution in [2.75, 3.05) is 19.8 Å². The third-order valence-corrected chi connectivity index (χ3v) is 4.06. The highest BCUT2D eigenvalue weighted by Gasteiger charge is 2.33. The molecule has 0 N–H and O–H groups in total. The van der Waals surface area contributed by atoms with Crippen molar-refractivity contribution in [1.29, 1.82) is 0 Å². The van der Waals surface area contributed by atoms with E-state index >= 15 is 0 Å². The Hall–Kier alpha value is -2.56. The molecule has 27 heavy (non-hydrogen) atoms. The summed E-state index contributed by atoms with van der Waals surface area (Å²) in [6.45, 7) is 6.97. The van der Waals surface area contributed by atoms with Crippen molar-refractivity contribution in [3.63, 3.8) is 0 Å². The van der Waals surface area contributed by atoms with E-state index in [4.69, 9.17) is 14.2 Å². The minimum absolute atomic E-state index is 0.270. The standard InChI is InChI=1S/C22H28O5/c1-4-7-15-25-20-18(21(23)26-13-5-2)16-11-9-8-10-12-17(16)19(20)22(24)27-14-6-3/h8-12H,4-7,13-15H2,1-3H3. The fourth-order valence-corrected chi connectivity index (χ4v) is 2.75. The van der Waals surface area contributed by atoms with E-state index in [1.165, 1.54) is 0 Å². The maximum atomic E-state index is 12.8. The Bertz CT molecular complexity index is 683. The minimum atomic E-state index is -0.478. The Balaban J connectivity index is 2.60. The van der Waals surface area contributed by atoms with E-state index in [-0.39, 0.29) is 5.75 Å². The average Bonchev–Trinajstić information content (AvgIpc) is 2.80. The zero-order chi connectivity index (χ0) is 19.6. The molecule has 0 spiro atoms. The molecule has 5 heteroatoms. The lowest BCUT2D eigenvalue weighted by molar-refractivity contribution is 0.0499. The SMILES string of the molecule is CCCCOc1c(C(=O)OCCC)c2cccccc-2c1C(=O)OCCC. The zero-order valence-electron chi connectivity index (χ0n) is 16.4. The fraction of sp³-hybridized carbons (Fsp3) is 0.455. The van der Waals surface area contributed by atoms with Gasteiger partial charge in [0.2, 0.25) is 0 Å². The summed E-state index contributed by atoms with van der Waals surface area (Å²) in [6.07, 6.45) is 3.20. The largest absolute Gasteiger partial charge is 0.492 e. The molecular weight excluding hydrogens is 344 g/mol. The van der Waals surface area contributed by atoms with Gasteiger partial charge in [-0.1, -0.05) is 57.5 Å². The monoisotopic (exact) mass is 372 g/mol. The van der Waals surface area contributed by atoms with Crippen LogP contribution < -0.4 is 4.74 Å². The molecule has 0 aliphatic heterocycles. The molecule has 0 radical (unpaired) electrons. The van der Waals surface area contributed by atoms with Gasteiger partial charge < -0.3 is 14.2 Å². The average molecular weight is 372 g/mol. The third-order valence-electron chi connectivity index (χ3n) is 4.06. The van der Waals surface area contributed by atoms with Crippen LogP contribution in [0, 0.1) is 0 Å². The van der Waals surface area contributed by atoms with E-state index in [1.54, 1.807) is 12.1 Å². The van der Waals surface area contributed by atoms with Gasteiger partial charge in [0.15, 0.2) is 0 Å². The van der Waals surface area contributed by atoms with Gasteiger partial charge in [-0.2, -0.15) is 0 Å². The summed E-state index contributed by atoms with van der Waals surface area (Å²) in [5.74, 6) is -0.685. The van der Waals surface area contributed by atoms with Crippen LogP contribution in [-0.4, -0.2) is 31.8 Å². The summed E-state index contributed by atoms with van der Waals surface area (Å²) in [7, 11) is 0. The number of fused-ring (bicyclic) bond motifs is 1. The molecule has 0 amide bonds. The second-order valence-electron chi connectivity index (χ2n) is 6.29. The van der Waals surface area contributed by atoms with E-state index in [0.29, 0.717) is 42.1 Å². The van der Waals surface area contributed by atoms with Gasteiger partial charge in [0, 0.05) is 11.1 Å². The molecule has 2 rings (SSSR count). The van der Waals surface area contributed by atoms with Crippen LogP contribution >= 0.6 is 0 Å². The van der Waals surface area contributed by atoms with E-state index in [9.17, 15) is 9.59 Å². The Morgan fingerprint density at radius 2 is 1.26 bits per heavy atom. The highest BCUT2D eigenvalue weighted by molar-refractivity contribution is 6.12. The summed E-state index contributed by atoms with van der Waals surface area (Å²) in [4.78, 5) is 25.5. The number of unbranched alkanes of at least 4 members (excludes halogenated alkanes) is 1. The van der Waals surface area contributed by atoms with Crippen LogP contribution in [0.1, 0.15) is 67.2 Å². The minimum Gasteiger partial charge on any atom is -0.492 e. The number of hydrogen-bond donors (Lipinski definition) is 0. The van der Waals surface area contributed by atoms with E-state index < -0.39 is 11.9 Å². The molecule has 0 saturated carbocycles. The van der Waals surface area contributed by atoms with Crippen molar-refractivity contribution in [2.24, 2.45) is 0 Å². The highest BCUT2D eigenvalue weighted by Crippen LogP contribution is 2.43. The van der Waals surface area contributed by atoms with Gasteiger partial charge in [-0.05, 0) is 19.3 Å². The van der Waals surface area contributed by atoms with Crippen molar-refractivity contribution in [3.05, 3.63) is 41.5 Å². The van der Waals surface area contributed by atoms with E-state index in [1.807, 2.05) is 32.0 Å². The first-order valence-corrected chi connectivity index (χ1v) is 9.67. The summed E-state index contributed by atoms with van der Waals surface area (Å²) in [6, 6.07) is 9.12. The lowest BCUT2D eigenvalue weighted by atomic mass is 10.1. The fourth-order valence-electron chi connectivity index (χ4n) is 2.75. The number of rotatable bonds is 10. The van der Waals surface area contributed by atoms with Crippen LogP contribution in [0.5, 0.6) is 5.75 Å². The summed E-state index contributed by atoms with van der Waals surface area (Å²) >= 11 is 0. The topological polar surface area (TPSA) is 61.8 Å². The molecule has 2 aliphatic rings. The third kappa shape index (κ3) is 5.00. The molecule has 0 bridgehead atoms. The van der Waals surface area contributed by atoms with Gasteiger partial charge in [-0.25, -0.2) is 9.59 Å². The molecule has 146 valence electrons. The van der Waals surface area contributed by atoms with Gasteiger partial charge in [0.05, 0.1) is 19.8 Å². The molecule has 0 fully saturated rings.